The average Bonchev–Trinajstić information content (AvgIpc) is 2.67. The molecule has 0 aliphatic rings. The highest BCUT2D eigenvalue weighted by atomic mass is 35.5. The second-order valence-electron chi connectivity index (χ2n) is 6.02. The first kappa shape index (κ1) is 22.0. The van der Waals surface area contributed by atoms with Gasteiger partial charge in [0.2, 0.25) is 0 Å². The summed E-state index contributed by atoms with van der Waals surface area (Å²) in [6.07, 6.45) is 1.49. The maximum absolute atomic E-state index is 11.8. The van der Waals surface area contributed by atoms with Crippen LogP contribution in [0.25, 0.3) is 0 Å². The van der Waals surface area contributed by atoms with Crippen molar-refractivity contribution in [2.24, 2.45) is 5.10 Å². The summed E-state index contributed by atoms with van der Waals surface area (Å²) in [5, 5.41) is 15.2. The molecule has 1 N–H and O–H groups in total. The summed E-state index contributed by atoms with van der Waals surface area (Å²) < 4.78 is 11.1. The third kappa shape index (κ3) is 6.35. The number of anilines is 1. The summed E-state index contributed by atoms with van der Waals surface area (Å²) in [5.74, 6) is 0.436. The molecule has 0 radical (unpaired) electrons. The lowest BCUT2D eigenvalue weighted by Gasteiger charge is -2.16. The minimum absolute atomic E-state index is 0.0411. The maximum atomic E-state index is 11.8. The highest BCUT2D eigenvalue weighted by Gasteiger charge is 2.14. The largest absolute Gasteiger partial charge is 0.490 e. The number of hydrazone groups is 1. The van der Waals surface area contributed by atoms with Gasteiger partial charge in [-0.15, -0.1) is 0 Å². The normalized spacial score (nSPS) is 10.6. The number of nitro benzene ring substituents is 1. The molecule has 2 rings (SSSR count). The van der Waals surface area contributed by atoms with Crippen LogP contribution < -0.4 is 14.9 Å². The predicted octanol–water partition coefficient (Wildman–Crippen LogP) is 3.56. The summed E-state index contributed by atoms with van der Waals surface area (Å²) in [7, 11) is 3.26. The first-order chi connectivity index (χ1) is 13.8. The summed E-state index contributed by atoms with van der Waals surface area (Å²) in [5.41, 5.74) is 3.77. The minimum Gasteiger partial charge on any atom is -0.490 e. The van der Waals surface area contributed by atoms with Crippen LogP contribution in [0.15, 0.2) is 41.5 Å². The van der Waals surface area contributed by atoms with E-state index in [1.165, 1.54) is 23.2 Å². The van der Waals surface area contributed by atoms with E-state index >= 15 is 0 Å². The molecule has 0 aliphatic heterocycles. The Hall–Kier alpha value is -3.33. The lowest BCUT2D eigenvalue weighted by atomic mass is 10.2. The van der Waals surface area contributed by atoms with Crippen molar-refractivity contribution in [3.05, 3.63) is 57.1 Å². The number of hydrogen-bond acceptors (Lipinski definition) is 7. The van der Waals surface area contributed by atoms with Gasteiger partial charge in [-0.1, -0.05) is 17.7 Å². The highest BCUT2D eigenvalue weighted by Crippen LogP contribution is 2.36. The molecule has 0 spiro atoms. The van der Waals surface area contributed by atoms with Crippen LogP contribution in [0.4, 0.5) is 11.4 Å². The van der Waals surface area contributed by atoms with E-state index in [1.54, 1.807) is 38.4 Å². The number of nitro groups is 1. The molecule has 0 unspecified atom stereocenters. The third-order valence-electron chi connectivity index (χ3n) is 3.63. The molecular formula is C19H21ClN4O5. The Morgan fingerprint density at radius 3 is 2.72 bits per heavy atom. The van der Waals surface area contributed by atoms with E-state index in [-0.39, 0.29) is 29.0 Å². The van der Waals surface area contributed by atoms with E-state index in [4.69, 9.17) is 21.1 Å². The fraction of sp³-hybridized carbons (Fsp3) is 0.263. The number of hydrogen-bond donors (Lipinski definition) is 1. The Balaban J connectivity index is 2.16. The van der Waals surface area contributed by atoms with Gasteiger partial charge < -0.3 is 14.4 Å². The molecule has 0 aromatic heterocycles. The van der Waals surface area contributed by atoms with Crippen molar-refractivity contribution in [2.45, 2.75) is 6.92 Å². The van der Waals surface area contributed by atoms with Crippen LogP contribution >= 0.6 is 11.6 Å². The van der Waals surface area contributed by atoms with Gasteiger partial charge in [-0.05, 0) is 30.7 Å². The standard InChI is InChI=1S/C19H21ClN4O5/c1-4-28-17-9-13(8-16(20)19(17)29-12-18(25)23(2)3)11-21-22-14-6-5-7-15(10-14)24(26)27/h5-11,22H,4,12H2,1-3H3/b21-11-. The van der Waals surface area contributed by atoms with Gasteiger partial charge in [0.05, 0.1) is 28.5 Å². The van der Waals surface area contributed by atoms with E-state index in [9.17, 15) is 14.9 Å². The van der Waals surface area contributed by atoms with Crippen molar-refractivity contribution in [1.82, 2.24) is 4.90 Å². The van der Waals surface area contributed by atoms with Gasteiger partial charge in [-0.2, -0.15) is 5.10 Å². The second-order valence-corrected chi connectivity index (χ2v) is 6.42. The average molecular weight is 421 g/mol. The van der Waals surface area contributed by atoms with Crippen molar-refractivity contribution in [3.8, 4) is 11.5 Å². The monoisotopic (exact) mass is 420 g/mol. The van der Waals surface area contributed by atoms with Crippen LogP contribution in [0.3, 0.4) is 0 Å². The lowest BCUT2D eigenvalue weighted by Crippen LogP contribution is -2.27. The van der Waals surface area contributed by atoms with E-state index in [0.717, 1.165) is 0 Å². The number of non-ortho nitro benzene ring substituents is 1. The Bertz CT molecular complexity index is 917. The fourth-order valence-corrected chi connectivity index (χ4v) is 2.47. The van der Waals surface area contributed by atoms with Crippen molar-refractivity contribution in [2.75, 3.05) is 32.7 Å². The van der Waals surface area contributed by atoms with Crippen LogP contribution in [0.2, 0.25) is 5.02 Å². The number of carbonyl (C=O) groups excluding carboxylic acids is 1. The number of nitrogens with zero attached hydrogens (tertiary/aromatic N) is 3. The molecule has 0 bridgehead atoms. The number of halogens is 1. The van der Waals surface area contributed by atoms with E-state index in [0.29, 0.717) is 23.6 Å². The molecule has 10 heteroatoms. The molecule has 9 nitrogen and oxygen atoms in total. The zero-order valence-electron chi connectivity index (χ0n) is 16.2. The number of likely N-dealkylation sites (N-methyl/N-ethyl adjacent to an activating group) is 1. The molecule has 1 amide bonds. The fourth-order valence-electron chi connectivity index (χ4n) is 2.20. The van der Waals surface area contributed by atoms with Gasteiger partial charge >= 0.3 is 0 Å². The Labute approximate surface area is 173 Å². The van der Waals surface area contributed by atoms with Gasteiger partial charge in [0, 0.05) is 26.2 Å². The smallest absolute Gasteiger partial charge is 0.271 e. The van der Waals surface area contributed by atoms with Crippen molar-refractivity contribution >= 4 is 35.1 Å². The molecular weight excluding hydrogens is 400 g/mol. The Kier molecular flexibility index (Phi) is 7.79. The number of rotatable bonds is 9. The van der Waals surface area contributed by atoms with Crippen molar-refractivity contribution in [1.29, 1.82) is 0 Å². The Morgan fingerprint density at radius 1 is 1.31 bits per heavy atom. The molecule has 0 atom stereocenters. The van der Waals surface area contributed by atoms with E-state index in [1.807, 2.05) is 6.92 Å². The van der Waals surface area contributed by atoms with Crippen LogP contribution in [-0.2, 0) is 4.79 Å². The first-order valence-electron chi connectivity index (χ1n) is 8.64. The van der Waals surface area contributed by atoms with Crippen molar-refractivity contribution < 1.29 is 19.2 Å². The predicted molar refractivity (Wildman–Crippen MR) is 111 cm³/mol. The van der Waals surface area contributed by atoms with Crippen LogP contribution in [-0.4, -0.2) is 49.3 Å². The van der Waals surface area contributed by atoms with Crippen LogP contribution in [0.5, 0.6) is 11.5 Å². The lowest BCUT2D eigenvalue weighted by molar-refractivity contribution is -0.384. The highest BCUT2D eigenvalue weighted by molar-refractivity contribution is 6.32. The van der Waals surface area contributed by atoms with E-state index < -0.39 is 4.92 Å². The molecule has 2 aromatic carbocycles. The number of nitrogens with one attached hydrogen (secondary N) is 1. The first-order valence-corrected chi connectivity index (χ1v) is 9.02. The number of carbonyl (C=O) groups is 1. The van der Waals surface area contributed by atoms with Crippen molar-refractivity contribution in [3.63, 3.8) is 0 Å². The molecule has 0 aliphatic carbocycles. The quantitative estimate of drug-likeness (QED) is 0.377. The van der Waals surface area contributed by atoms with Gasteiger partial charge in [0.15, 0.2) is 18.1 Å². The zero-order chi connectivity index (χ0) is 21.4. The Morgan fingerprint density at radius 2 is 2.07 bits per heavy atom. The molecule has 29 heavy (non-hydrogen) atoms. The summed E-state index contributed by atoms with van der Waals surface area (Å²) in [6.45, 7) is 2.02. The van der Waals surface area contributed by atoms with Crippen LogP contribution in [0, 0.1) is 10.1 Å². The van der Waals surface area contributed by atoms with Gasteiger partial charge in [0.25, 0.3) is 11.6 Å². The summed E-state index contributed by atoms with van der Waals surface area (Å²) in [6, 6.07) is 9.25. The minimum atomic E-state index is -0.483. The second kappa shape index (κ2) is 10.3. The molecule has 0 heterocycles. The molecule has 0 saturated heterocycles. The van der Waals surface area contributed by atoms with Gasteiger partial charge in [0.1, 0.15) is 0 Å². The maximum Gasteiger partial charge on any atom is 0.271 e. The molecule has 154 valence electrons. The summed E-state index contributed by atoms with van der Waals surface area (Å²) in [4.78, 5) is 23.5. The molecule has 2 aromatic rings. The third-order valence-corrected chi connectivity index (χ3v) is 3.92. The number of benzene rings is 2. The molecule has 0 fully saturated rings. The number of ether oxygens (including phenoxy) is 2. The summed E-state index contributed by atoms with van der Waals surface area (Å²) >= 11 is 6.30. The topological polar surface area (TPSA) is 106 Å². The number of amides is 1. The SMILES string of the molecule is CCOc1cc(/C=N\Nc2cccc([N+](=O)[O-])c2)cc(Cl)c1OCC(=O)N(C)C. The van der Waals surface area contributed by atoms with Crippen LogP contribution in [0.1, 0.15) is 12.5 Å². The molecule has 0 saturated carbocycles. The zero-order valence-corrected chi connectivity index (χ0v) is 17.0. The van der Waals surface area contributed by atoms with Gasteiger partial charge in [-0.3, -0.25) is 20.3 Å². The van der Waals surface area contributed by atoms with E-state index in [2.05, 4.69) is 10.5 Å². The van der Waals surface area contributed by atoms with Gasteiger partial charge in [-0.25, -0.2) is 0 Å².